The minimum absolute atomic E-state index is 0.0257. The van der Waals surface area contributed by atoms with Gasteiger partial charge in [-0.25, -0.2) is 13.2 Å². The van der Waals surface area contributed by atoms with Crippen LogP contribution in [0.3, 0.4) is 0 Å². The number of thiophene rings is 1. The molecular formula is C25H16Cl2F6N4O3S. The number of hydrazine groups is 1. The lowest BCUT2D eigenvalue weighted by molar-refractivity contribution is -0.275. The second-order valence-electron chi connectivity index (χ2n) is 9.23. The Morgan fingerprint density at radius 1 is 1.00 bits per heavy atom. The normalized spacial score (nSPS) is 18.2. The van der Waals surface area contributed by atoms with Gasteiger partial charge < -0.3 is 9.74 Å². The Morgan fingerprint density at radius 3 is 2.20 bits per heavy atom. The smallest absolute Gasteiger partial charge is 0.372 e. The number of hydrogen-bond acceptors (Lipinski definition) is 6. The molecule has 1 unspecified atom stereocenters. The Morgan fingerprint density at radius 2 is 1.61 bits per heavy atom. The highest BCUT2D eigenvalue weighted by atomic mass is 35.5. The number of fused-ring (bicyclic) bond motifs is 1. The van der Waals surface area contributed by atoms with E-state index in [1.54, 1.807) is 11.8 Å². The first kappa shape index (κ1) is 29.0. The van der Waals surface area contributed by atoms with Crippen molar-refractivity contribution in [3.8, 4) is 0 Å². The largest absolute Gasteiger partial charge is 0.435 e. The van der Waals surface area contributed by atoms with E-state index >= 15 is 0 Å². The fourth-order valence-corrected chi connectivity index (χ4v) is 6.25. The van der Waals surface area contributed by atoms with Crippen molar-refractivity contribution >= 4 is 52.2 Å². The minimum atomic E-state index is -4.96. The zero-order valence-corrected chi connectivity index (χ0v) is 22.9. The van der Waals surface area contributed by atoms with Gasteiger partial charge in [0.15, 0.2) is 5.82 Å². The summed E-state index contributed by atoms with van der Waals surface area (Å²) < 4.78 is 83.5. The van der Waals surface area contributed by atoms with Crippen LogP contribution in [0.1, 0.15) is 48.0 Å². The number of halogens is 8. The molecule has 1 aromatic heterocycles. The predicted octanol–water partition coefficient (Wildman–Crippen LogP) is 6.36. The predicted molar refractivity (Wildman–Crippen MR) is 137 cm³/mol. The number of hydrogen-bond donors (Lipinski definition) is 2. The third-order valence-corrected chi connectivity index (χ3v) is 8.51. The Balaban J connectivity index is 1.28. The van der Waals surface area contributed by atoms with Crippen molar-refractivity contribution in [3.63, 3.8) is 0 Å². The van der Waals surface area contributed by atoms with Crippen LogP contribution in [0.2, 0.25) is 10.0 Å². The van der Waals surface area contributed by atoms with Gasteiger partial charge in [0.05, 0.1) is 27.9 Å². The quantitative estimate of drug-likeness (QED) is 0.199. The molecule has 0 fully saturated rings. The fourth-order valence-electron chi connectivity index (χ4n) is 4.54. The summed E-state index contributed by atoms with van der Waals surface area (Å²) in [5.41, 5.74) is 1.68. The maximum Gasteiger partial charge on any atom is 0.435 e. The van der Waals surface area contributed by atoms with E-state index in [4.69, 9.17) is 28.0 Å². The van der Waals surface area contributed by atoms with Gasteiger partial charge in [-0.2, -0.15) is 13.2 Å². The molecule has 41 heavy (non-hydrogen) atoms. The molecule has 0 radical (unpaired) electrons. The van der Waals surface area contributed by atoms with Crippen LogP contribution in [-0.4, -0.2) is 28.7 Å². The summed E-state index contributed by atoms with van der Waals surface area (Å²) in [6.45, 7) is 1.86. The second kappa shape index (κ2) is 10.4. The van der Waals surface area contributed by atoms with Crippen LogP contribution >= 0.6 is 34.5 Å². The SMILES string of the molecule is Cc1c(C(=O)NNC(=O)c2cc(F)cc(F)c2)sc2c1CN(C1=NOC(c3cc(Cl)c(F)c(Cl)c3)(C(F)(F)F)C1)C2. The van der Waals surface area contributed by atoms with Crippen LogP contribution < -0.4 is 10.9 Å². The fraction of sp³-hybridized carbons (Fsp3) is 0.240. The molecule has 1 atom stereocenters. The van der Waals surface area contributed by atoms with E-state index in [9.17, 15) is 35.9 Å². The van der Waals surface area contributed by atoms with Crippen molar-refractivity contribution < 1.29 is 40.8 Å². The number of oxime groups is 1. The lowest BCUT2D eigenvalue weighted by atomic mass is 9.89. The molecule has 16 heteroatoms. The van der Waals surface area contributed by atoms with Gasteiger partial charge in [0.25, 0.3) is 17.4 Å². The van der Waals surface area contributed by atoms with Crippen molar-refractivity contribution in [2.24, 2.45) is 5.16 Å². The van der Waals surface area contributed by atoms with E-state index in [1.165, 1.54) is 0 Å². The maximum absolute atomic E-state index is 14.3. The second-order valence-corrected chi connectivity index (χ2v) is 11.2. The van der Waals surface area contributed by atoms with Crippen LogP contribution in [0, 0.1) is 24.4 Å². The monoisotopic (exact) mass is 636 g/mol. The summed E-state index contributed by atoms with van der Waals surface area (Å²) in [6, 6.07) is 3.79. The average Bonchev–Trinajstić information content (AvgIpc) is 3.59. The number of carbonyl (C=O) groups is 2. The number of carbonyl (C=O) groups excluding carboxylic acids is 2. The average molecular weight is 637 g/mol. The molecule has 0 spiro atoms. The maximum atomic E-state index is 14.3. The minimum Gasteiger partial charge on any atom is -0.372 e. The first-order valence-electron chi connectivity index (χ1n) is 11.6. The number of nitrogens with zero attached hydrogens (tertiary/aromatic N) is 2. The Labute approximate surface area is 241 Å². The first-order chi connectivity index (χ1) is 19.2. The van der Waals surface area contributed by atoms with E-state index in [-0.39, 0.29) is 29.4 Å². The van der Waals surface area contributed by atoms with Crippen LogP contribution in [0.4, 0.5) is 26.3 Å². The molecule has 2 amide bonds. The Kier molecular flexibility index (Phi) is 7.37. The van der Waals surface area contributed by atoms with Gasteiger partial charge in [-0.05, 0) is 42.3 Å². The molecule has 0 saturated carbocycles. The van der Waals surface area contributed by atoms with Gasteiger partial charge in [0.2, 0.25) is 0 Å². The number of nitrogens with one attached hydrogen (secondary N) is 2. The van der Waals surface area contributed by atoms with Gasteiger partial charge in [0, 0.05) is 28.6 Å². The summed E-state index contributed by atoms with van der Waals surface area (Å²) in [5, 5.41) is 2.50. The molecule has 3 heterocycles. The number of alkyl halides is 3. The molecule has 0 bridgehead atoms. The molecule has 2 N–H and O–H groups in total. The van der Waals surface area contributed by atoms with Gasteiger partial charge in [-0.15, -0.1) is 11.3 Å². The van der Waals surface area contributed by atoms with E-state index < -0.39 is 63.1 Å². The van der Waals surface area contributed by atoms with Crippen LogP contribution in [0.15, 0.2) is 35.5 Å². The summed E-state index contributed by atoms with van der Waals surface area (Å²) in [4.78, 5) is 32.3. The highest BCUT2D eigenvalue weighted by molar-refractivity contribution is 7.14. The van der Waals surface area contributed by atoms with Gasteiger partial charge in [0.1, 0.15) is 17.5 Å². The Bertz CT molecular complexity index is 1590. The third-order valence-electron chi connectivity index (χ3n) is 6.65. The zero-order chi connectivity index (χ0) is 29.9. The molecule has 0 aliphatic carbocycles. The van der Waals surface area contributed by atoms with Crippen molar-refractivity contribution in [1.82, 2.24) is 15.8 Å². The standard InChI is InChI=1S/C25H16Cl2F6N4O3S/c1-10-15-8-37(19-7-24(40-36-19,25(31,32)33)12-4-16(26)20(30)17(27)5-12)9-18(15)41-21(10)23(39)35-34-22(38)11-2-13(28)6-14(29)3-11/h2-6H,7-9H2,1H3,(H,34,38)(H,35,39). The van der Waals surface area contributed by atoms with Crippen LogP contribution in [0.5, 0.6) is 0 Å². The number of amides is 2. The van der Waals surface area contributed by atoms with E-state index in [1.807, 2.05) is 0 Å². The summed E-state index contributed by atoms with van der Waals surface area (Å²) in [6.07, 6.45) is -5.70. The highest BCUT2D eigenvalue weighted by Gasteiger charge is 2.63. The first-order valence-corrected chi connectivity index (χ1v) is 13.2. The van der Waals surface area contributed by atoms with E-state index in [2.05, 4.69) is 16.0 Å². The molecule has 0 saturated heterocycles. The Hall–Kier alpha value is -3.49. The van der Waals surface area contributed by atoms with Crippen molar-refractivity contribution in [2.75, 3.05) is 0 Å². The summed E-state index contributed by atoms with van der Waals surface area (Å²) >= 11 is 12.6. The van der Waals surface area contributed by atoms with E-state index in [0.29, 0.717) is 22.1 Å². The number of benzene rings is 2. The summed E-state index contributed by atoms with van der Waals surface area (Å²) in [7, 11) is 0. The number of rotatable bonds is 3. The zero-order valence-electron chi connectivity index (χ0n) is 20.6. The summed E-state index contributed by atoms with van der Waals surface area (Å²) in [5.74, 6) is -4.65. The molecule has 2 aromatic carbocycles. The molecule has 2 aliphatic heterocycles. The molecule has 7 nitrogen and oxygen atoms in total. The van der Waals surface area contributed by atoms with Gasteiger partial charge in [-0.1, -0.05) is 28.4 Å². The van der Waals surface area contributed by atoms with Crippen molar-refractivity contribution in [1.29, 1.82) is 0 Å². The lowest BCUT2D eigenvalue weighted by Gasteiger charge is -2.30. The van der Waals surface area contributed by atoms with Gasteiger partial charge in [-0.3, -0.25) is 20.4 Å². The van der Waals surface area contributed by atoms with Crippen molar-refractivity contribution in [3.05, 3.63) is 89.8 Å². The lowest BCUT2D eigenvalue weighted by Crippen LogP contribution is -2.44. The molecule has 216 valence electrons. The number of amidine groups is 1. The molecule has 2 aliphatic rings. The molecule has 3 aromatic rings. The van der Waals surface area contributed by atoms with Crippen molar-refractivity contribution in [2.45, 2.75) is 38.2 Å². The van der Waals surface area contributed by atoms with E-state index in [0.717, 1.165) is 35.6 Å². The topological polar surface area (TPSA) is 83.0 Å². The van der Waals surface area contributed by atoms with Crippen LogP contribution in [-0.2, 0) is 23.5 Å². The highest BCUT2D eigenvalue weighted by Crippen LogP contribution is 2.50. The van der Waals surface area contributed by atoms with Gasteiger partial charge >= 0.3 is 6.18 Å². The molecule has 5 rings (SSSR count). The molecular weight excluding hydrogens is 621 g/mol. The third kappa shape index (κ3) is 5.19. The van der Waals surface area contributed by atoms with Crippen LogP contribution in [0.25, 0.3) is 0 Å².